The first-order chi connectivity index (χ1) is 12.7. The Bertz CT molecular complexity index is 495. The maximum Gasteiger partial charge on any atom is 0.123 e. The van der Waals surface area contributed by atoms with Gasteiger partial charge in [0.2, 0.25) is 0 Å². The van der Waals surface area contributed by atoms with Crippen molar-refractivity contribution in [1.29, 1.82) is 0 Å². The molecule has 1 aromatic rings. The summed E-state index contributed by atoms with van der Waals surface area (Å²) in [5.41, 5.74) is 1.36. The zero-order chi connectivity index (χ0) is 18.2. The van der Waals surface area contributed by atoms with Crippen LogP contribution in [0.4, 0.5) is 4.39 Å². The summed E-state index contributed by atoms with van der Waals surface area (Å²) in [7, 11) is 0.0375. The van der Waals surface area contributed by atoms with Crippen LogP contribution < -0.4 is 0 Å². The van der Waals surface area contributed by atoms with E-state index in [1.54, 1.807) is 43.1 Å². The van der Waals surface area contributed by atoms with Crippen LogP contribution >= 0.6 is 0 Å². The molecule has 0 aromatic heterocycles. The van der Waals surface area contributed by atoms with Crippen molar-refractivity contribution < 1.29 is 4.39 Å². The Morgan fingerprint density at radius 1 is 0.846 bits per heavy atom. The van der Waals surface area contributed by atoms with Gasteiger partial charge in [0.1, 0.15) is 5.82 Å². The van der Waals surface area contributed by atoms with Gasteiger partial charge in [0.15, 0.2) is 0 Å². The van der Waals surface area contributed by atoms with Crippen molar-refractivity contribution in [2.45, 2.75) is 102 Å². The first-order valence-electron chi connectivity index (χ1n) is 11.3. The molecule has 0 unspecified atom stereocenters. The molecule has 0 spiro atoms. The van der Waals surface area contributed by atoms with E-state index in [-0.39, 0.29) is 14.6 Å². The summed E-state index contributed by atoms with van der Waals surface area (Å²) in [6.45, 7) is 2.32. The van der Waals surface area contributed by atoms with Gasteiger partial charge in [-0.15, -0.1) is 0 Å². The molecule has 3 rings (SSSR count). The zero-order valence-electron chi connectivity index (χ0n) is 16.8. The second-order valence-corrected chi connectivity index (χ2v) is 12.0. The van der Waals surface area contributed by atoms with Crippen LogP contribution in [0.25, 0.3) is 0 Å². The molecule has 26 heavy (non-hydrogen) atoms. The third-order valence-electron chi connectivity index (χ3n) is 7.12. The molecule has 0 nitrogen and oxygen atoms in total. The summed E-state index contributed by atoms with van der Waals surface area (Å²) >= 11 is 0. The molecule has 2 heteroatoms. The highest BCUT2D eigenvalue weighted by molar-refractivity contribution is 6.58. The molecule has 1 saturated heterocycles. The summed E-state index contributed by atoms with van der Waals surface area (Å²) in [5, 5.41) is 0. The molecule has 1 radical (unpaired) electrons. The standard InChI is InChI=1S/C24H38FSi/c1-2-3-4-17-26-18-15-21(16-19-26)6-5-20-7-9-22(10-8-20)23-11-13-24(25)14-12-23/h11-14,20-22H,2-10,15-19H2,1H3. The quantitative estimate of drug-likeness (QED) is 0.320. The van der Waals surface area contributed by atoms with Crippen molar-refractivity contribution >= 4 is 8.80 Å². The van der Waals surface area contributed by atoms with E-state index in [0.717, 1.165) is 11.8 Å². The number of hydrogen-bond donors (Lipinski definition) is 0. The van der Waals surface area contributed by atoms with Crippen molar-refractivity contribution in [3.63, 3.8) is 0 Å². The molecule has 1 aromatic carbocycles. The predicted molar refractivity (Wildman–Crippen MR) is 113 cm³/mol. The molecule has 0 N–H and O–H groups in total. The second kappa shape index (κ2) is 10.6. The van der Waals surface area contributed by atoms with Crippen LogP contribution in [-0.2, 0) is 0 Å². The fraction of sp³-hybridized carbons (Fsp3) is 0.750. The highest BCUT2D eigenvalue weighted by atomic mass is 28.3. The Kier molecular flexibility index (Phi) is 8.23. The number of hydrogen-bond acceptors (Lipinski definition) is 0. The molecule has 0 amide bonds. The van der Waals surface area contributed by atoms with E-state index in [1.807, 2.05) is 12.1 Å². The molecule has 0 atom stereocenters. The average molecular weight is 374 g/mol. The SMILES string of the molecule is CCCCC[Si]1CCC(CCC2CCC(c3ccc(F)cc3)CC2)CC1. The highest BCUT2D eigenvalue weighted by Crippen LogP contribution is 2.39. The highest BCUT2D eigenvalue weighted by Gasteiger charge is 2.25. The van der Waals surface area contributed by atoms with Crippen LogP contribution in [0.15, 0.2) is 24.3 Å². The Morgan fingerprint density at radius 2 is 1.46 bits per heavy atom. The van der Waals surface area contributed by atoms with Crippen molar-refractivity contribution in [3.05, 3.63) is 35.6 Å². The van der Waals surface area contributed by atoms with Gasteiger partial charge in [-0.25, -0.2) is 4.39 Å². The van der Waals surface area contributed by atoms with Gasteiger partial charge >= 0.3 is 0 Å². The smallest absolute Gasteiger partial charge is 0.123 e. The summed E-state index contributed by atoms with van der Waals surface area (Å²) in [4.78, 5) is 0. The molecule has 145 valence electrons. The van der Waals surface area contributed by atoms with Crippen LogP contribution in [0.5, 0.6) is 0 Å². The van der Waals surface area contributed by atoms with E-state index in [4.69, 9.17) is 0 Å². The van der Waals surface area contributed by atoms with E-state index in [0.29, 0.717) is 5.92 Å². The van der Waals surface area contributed by atoms with Gasteiger partial charge in [0, 0.05) is 8.80 Å². The molecule has 0 bridgehead atoms. The average Bonchev–Trinajstić information content (AvgIpc) is 2.69. The Labute approximate surface area is 162 Å². The Hall–Kier alpha value is -0.633. The van der Waals surface area contributed by atoms with Crippen LogP contribution in [-0.4, -0.2) is 8.80 Å². The topological polar surface area (TPSA) is 0 Å². The Morgan fingerprint density at radius 3 is 2.08 bits per heavy atom. The molecule has 1 heterocycles. The Balaban J connectivity index is 1.30. The number of rotatable bonds is 8. The lowest BCUT2D eigenvalue weighted by Crippen LogP contribution is -2.22. The van der Waals surface area contributed by atoms with Gasteiger partial charge in [-0.05, 0) is 61.1 Å². The molecule has 1 saturated carbocycles. The normalized spacial score (nSPS) is 25.5. The van der Waals surface area contributed by atoms with Gasteiger partial charge in [0.05, 0.1) is 0 Å². The molecule has 2 aliphatic rings. The minimum absolute atomic E-state index is 0.0375. The summed E-state index contributed by atoms with van der Waals surface area (Å²) in [6.07, 6.45) is 15.8. The lowest BCUT2D eigenvalue weighted by Gasteiger charge is -2.32. The van der Waals surface area contributed by atoms with Crippen LogP contribution in [0, 0.1) is 17.7 Å². The zero-order valence-corrected chi connectivity index (χ0v) is 17.8. The minimum Gasteiger partial charge on any atom is -0.207 e. The minimum atomic E-state index is -0.107. The number of unbranched alkanes of at least 4 members (excludes halogenated alkanes) is 2. The number of benzene rings is 1. The fourth-order valence-corrected chi connectivity index (χ4v) is 8.37. The van der Waals surface area contributed by atoms with Crippen LogP contribution in [0.1, 0.15) is 89.0 Å². The van der Waals surface area contributed by atoms with Crippen LogP contribution in [0.2, 0.25) is 18.1 Å². The van der Waals surface area contributed by atoms with E-state index in [1.165, 1.54) is 63.4 Å². The molecular formula is C24H38FSi. The first kappa shape index (κ1) is 20.1. The maximum absolute atomic E-state index is 13.1. The van der Waals surface area contributed by atoms with Gasteiger partial charge in [-0.3, -0.25) is 0 Å². The maximum atomic E-state index is 13.1. The molecule has 2 fully saturated rings. The molecule has 1 aliphatic carbocycles. The van der Waals surface area contributed by atoms with Crippen molar-refractivity contribution in [1.82, 2.24) is 0 Å². The fourth-order valence-electron chi connectivity index (χ4n) is 5.24. The van der Waals surface area contributed by atoms with E-state index in [2.05, 4.69) is 6.92 Å². The third-order valence-corrected chi connectivity index (χ3v) is 10.2. The van der Waals surface area contributed by atoms with Gasteiger partial charge in [0.25, 0.3) is 0 Å². The van der Waals surface area contributed by atoms with Crippen LogP contribution in [0.3, 0.4) is 0 Å². The van der Waals surface area contributed by atoms with Crippen molar-refractivity contribution in [2.75, 3.05) is 0 Å². The van der Waals surface area contributed by atoms with Gasteiger partial charge in [-0.2, -0.15) is 0 Å². The van der Waals surface area contributed by atoms with E-state index < -0.39 is 0 Å². The number of halogens is 1. The second-order valence-electron chi connectivity index (χ2n) is 9.00. The summed E-state index contributed by atoms with van der Waals surface area (Å²) < 4.78 is 13.1. The van der Waals surface area contributed by atoms with Gasteiger partial charge in [-0.1, -0.05) is 82.1 Å². The molecule has 1 aliphatic heterocycles. The monoisotopic (exact) mass is 373 g/mol. The third kappa shape index (κ3) is 6.22. The first-order valence-corrected chi connectivity index (χ1v) is 13.5. The van der Waals surface area contributed by atoms with E-state index >= 15 is 0 Å². The van der Waals surface area contributed by atoms with Crippen molar-refractivity contribution in [3.8, 4) is 0 Å². The largest absolute Gasteiger partial charge is 0.207 e. The summed E-state index contributed by atoms with van der Waals surface area (Å²) in [5.74, 6) is 2.58. The van der Waals surface area contributed by atoms with Crippen molar-refractivity contribution in [2.24, 2.45) is 11.8 Å². The predicted octanol–water partition coefficient (Wildman–Crippen LogP) is 7.97. The van der Waals surface area contributed by atoms with E-state index in [9.17, 15) is 4.39 Å². The molecular weight excluding hydrogens is 335 g/mol. The lowest BCUT2D eigenvalue weighted by atomic mass is 9.76. The summed E-state index contributed by atoms with van der Waals surface area (Å²) in [6, 6.07) is 12.1. The van der Waals surface area contributed by atoms with Gasteiger partial charge < -0.3 is 0 Å². The lowest BCUT2D eigenvalue weighted by molar-refractivity contribution is 0.280.